The minimum Gasteiger partial charge on any atom is -0.490 e. The molecule has 102 valence electrons. The van der Waals surface area contributed by atoms with Crippen molar-refractivity contribution in [2.75, 3.05) is 0 Å². The van der Waals surface area contributed by atoms with E-state index in [4.69, 9.17) is 4.74 Å². The lowest BCUT2D eigenvalue weighted by Gasteiger charge is -2.16. The number of thiophene rings is 1. The largest absolute Gasteiger partial charge is 0.490 e. The van der Waals surface area contributed by atoms with Crippen LogP contribution in [0.15, 0.2) is 59.7 Å². The monoisotopic (exact) mass is 285 g/mol. The van der Waals surface area contributed by atoms with E-state index in [0.717, 1.165) is 17.1 Å². The van der Waals surface area contributed by atoms with Crippen LogP contribution in [0.2, 0.25) is 0 Å². The summed E-state index contributed by atoms with van der Waals surface area (Å²) in [5.74, 6) is 0.652. The highest BCUT2D eigenvalue weighted by atomic mass is 32.1. The second kappa shape index (κ2) is 5.92. The van der Waals surface area contributed by atoms with Gasteiger partial charge in [0.15, 0.2) is 0 Å². The van der Waals surface area contributed by atoms with Gasteiger partial charge in [0.05, 0.1) is 6.04 Å². The van der Waals surface area contributed by atoms with Crippen molar-refractivity contribution in [3.63, 3.8) is 0 Å². The van der Waals surface area contributed by atoms with Crippen LogP contribution in [0.3, 0.4) is 0 Å². The van der Waals surface area contributed by atoms with Gasteiger partial charge in [0, 0.05) is 11.0 Å². The van der Waals surface area contributed by atoms with Crippen molar-refractivity contribution >= 4 is 17.2 Å². The first kappa shape index (κ1) is 12.9. The van der Waals surface area contributed by atoms with Crippen LogP contribution in [0.1, 0.15) is 10.4 Å². The molecule has 0 radical (unpaired) electrons. The maximum Gasteiger partial charge on any atom is 0.248 e. The van der Waals surface area contributed by atoms with E-state index in [1.807, 2.05) is 35.7 Å². The van der Waals surface area contributed by atoms with Crippen molar-refractivity contribution in [3.8, 4) is 0 Å². The van der Waals surface area contributed by atoms with Crippen molar-refractivity contribution in [1.29, 1.82) is 0 Å². The normalized spacial score (nSPS) is 17.7. The van der Waals surface area contributed by atoms with Crippen molar-refractivity contribution in [3.05, 3.63) is 70.1 Å². The average molecular weight is 285 g/mol. The van der Waals surface area contributed by atoms with E-state index in [-0.39, 0.29) is 11.9 Å². The fraction of sp³-hybridized carbons (Fsp3) is 0.188. The molecule has 0 bridgehead atoms. The van der Waals surface area contributed by atoms with Crippen LogP contribution < -0.4 is 5.32 Å². The smallest absolute Gasteiger partial charge is 0.248 e. The molecule has 1 aliphatic heterocycles. The molecule has 1 N–H and O–H groups in total. The number of rotatable bonds is 5. The van der Waals surface area contributed by atoms with Gasteiger partial charge in [0.1, 0.15) is 12.4 Å². The van der Waals surface area contributed by atoms with Gasteiger partial charge in [-0.25, -0.2) is 0 Å². The van der Waals surface area contributed by atoms with Crippen molar-refractivity contribution in [2.24, 2.45) is 0 Å². The van der Waals surface area contributed by atoms with Gasteiger partial charge >= 0.3 is 0 Å². The van der Waals surface area contributed by atoms with Gasteiger partial charge in [-0.05, 0) is 23.4 Å². The predicted octanol–water partition coefficient (Wildman–Crippen LogP) is 2.89. The molecule has 0 saturated heterocycles. The molecule has 2 aromatic rings. The summed E-state index contributed by atoms with van der Waals surface area (Å²) in [6.07, 6.45) is 2.31. The summed E-state index contributed by atoms with van der Waals surface area (Å²) in [6.45, 7) is 0.518. The molecule has 4 heteroatoms. The van der Waals surface area contributed by atoms with Gasteiger partial charge in [-0.3, -0.25) is 4.79 Å². The third-order valence-corrected chi connectivity index (χ3v) is 4.03. The standard InChI is InChI=1S/C16H15NO2S/c18-16-10-15(19-11-13-7-4-8-20-13)14(17-16)9-12-5-2-1-3-6-12/h1-8,10,14H,9,11H2,(H,17,18). The first-order valence-electron chi connectivity index (χ1n) is 6.52. The van der Waals surface area contributed by atoms with E-state index < -0.39 is 0 Å². The number of carbonyl (C=O) groups excluding carboxylic acids is 1. The summed E-state index contributed by atoms with van der Waals surface area (Å²) in [6, 6.07) is 14.1. The quantitative estimate of drug-likeness (QED) is 0.917. The number of nitrogens with one attached hydrogen (secondary N) is 1. The highest BCUT2D eigenvalue weighted by Gasteiger charge is 2.25. The lowest BCUT2D eigenvalue weighted by Crippen LogP contribution is -2.31. The second-order valence-corrected chi connectivity index (χ2v) is 5.70. The molecule has 0 spiro atoms. The van der Waals surface area contributed by atoms with Crippen LogP contribution in [0.4, 0.5) is 0 Å². The summed E-state index contributed by atoms with van der Waals surface area (Å²) in [7, 11) is 0. The summed E-state index contributed by atoms with van der Waals surface area (Å²) < 4.78 is 5.79. The van der Waals surface area contributed by atoms with Gasteiger partial charge in [-0.1, -0.05) is 36.4 Å². The molecule has 1 atom stereocenters. The van der Waals surface area contributed by atoms with E-state index in [1.54, 1.807) is 17.4 Å². The summed E-state index contributed by atoms with van der Waals surface area (Å²) in [5.41, 5.74) is 1.19. The van der Waals surface area contributed by atoms with Gasteiger partial charge in [-0.2, -0.15) is 0 Å². The zero-order valence-electron chi connectivity index (χ0n) is 10.9. The maximum absolute atomic E-state index is 11.6. The predicted molar refractivity (Wildman–Crippen MR) is 79.3 cm³/mol. The molecule has 2 heterocycles. The van der Waals surface area contributed by atoms with E-state index in [0.29, 0.717) is 6.61 Å². The van der Waals surface area contributed by atoms with E-state index in [2.05, 4.69) is 17.4 Å². The van der Waals surface area contributed by atoms with Crippen molar-refractivity contribution < 1.29 is 9.53 Å². The molecular formula is C16H15NO2S. The second-order valence-electron chi connectivity index (χ2n) is 4.67. The summed E-state index contributed by atoms with van der Waals surface area (Å²) in [5, 5.41) is 4.95. The molecule has 1 aromatic heterocycles. The highest BCUT2D eigenvalue weighted by molar-refractivity contribution is 7.09. The van der Waals surface area contributed by atoms with Crippen LogP contribution >= 0.6 is 11.3 Å². The molecule has 1 amide bonds. The Morgan fingerprint density at radius 3 is 2.75 bits per heavy atom. The topological polar surface area (TPSA) is 38.3 Å². The van der Waals surface area contributed by atoms with Crippen molar-refractivity contribution in [2.45, 2.75) is 19.1 Å². The Hall–Kier alpha value is -2.07. The molecule has 0 fully saturated rings. The number of amides is 1. The number of hydrogen-bond donors (Lipinski definition) is 1. The van der Waals surface area contributed by atoms with Crippen LogP contribution in [0.25, 0.3) is 0 Å². The lowest BCUT2D eigenvalue weighted by molar-refractivity contribution is -0.116. The number of benzene rings is 1. The molecule has 20 heavy (non-hydrogen) atoms. The van der Waals surface area contributed by atoms with Crippen molar-refractivity contribution in [1.82, 2.24) is 5.32 Å². The average Bonchev–Trinajstić information content (AvgIpc) is 3.07. The Balaban J connectivity index is 1.65. The number of hydrogen-bond acceptors (Lipinski definition) is 3. The zero-order chi connectivity index (χ0) is 13.8. The third-order valence-electron chi connectivity index (χ3n) is 3.18. The SMILES string of the molecule is O=C1C=C(OCc2cccs2)C(Cc2ccccc2)N1. The Morgan fingerprint density at radius 1 is 1.15 bits per heavy atom. The van der Waals surface area contributed by atoms with E-state index >= 15 is 0 Å². The summed E-state index contributed by atoms with van der Waals surface area (Å²) in [4.78, 5) is 12.7. The fourth-order valence-corrected chi connectivity index (χ4v) is 2.82. The van der Waals surface area contributed by atoms with E-state index in [9.17, 15) is 4.79 Å². The maximum atomic E-state index is 11.6. The van der Waals surface area contributed by atoms with Gasteiger partial charge < -0.3 is 10.1 Å². The lowest BCUT2D eigenvalue weighted by atomic mass is 10.1. The molecule has 0 aliphatic carbocycles. The Morgan fingerprint density at radius 2 is 2.00 bits per heavy atom. The first-order valence-corrected chi connectivity index (χ1v) is 7.40. The Kier molecular flexibility index (Phi) is 3.83. The van der Waals surface area contributed by atoms with Crippen LogP contribution in [-0.2, 0) is 22.6 Å². The molecule has 0 saturated carbocycles. The van der Waals surface area contributed by atoms with Gasteiger partial charge in [-0.15, -0.1) is 11.3 Å². The summed E-state index contributed by atoms with van der Waals surface area (Å²) >= 11 is 1.65. The van der Waals surface area contributed by atoms with Crippen LogP contribution in [0.5, 0.6) is 0 Å². The highest BCUT2D eigenvalue weighted by Crippen LogP contribution is 2.19. The third kappa shape index (κ3) is 3.08. The Labute approximate surface area is 121 Å². The Bertz CT molecular complexity index is 605. The van der Waals surface area contributed by atoms with Crippen LogP contribution in [-0.4, -0.2) is 11.9 Å². The minimum absolute atomic E-state index is 0.0649. The molecule has 3 nitrogen and oxygen atoms in total. The fourth-order valence-electron chi connectivity index (χ4n) is 2.21. The molecule has 1 aliphatic rings. The first-order chi connectivity index (χ1) is 9.81. The molecule has 1 unspecified atom stereocenters. The van der Waals surface area contributed by atoms with E-state index in [1.165, 1.54) is 5.56 Å². The number of carbonyl (C=O) groups is 1. The zero-order valence-corrected chi connectivity index (χ0v) is 11.7. The van der Waals surface area contributed by atoms with Crippen LogP contribution in [0, 0.1) is 0 Å². The number of ether oxygens (including phenoxy) is 1. The minimum atomic E-state index is -0.0767. The molecule has 1 aromatic carbocycles. The molecular weight excluding hydrogens is 270 g/mol. The van der Waals surface area contributed by atoms with Gasteiger partial charge in [0.25, 0.3) is 0 Å². The molecule has 3 rings (SSSR count). The van der Waals surface area contributed by atoms with Gasteiger partial charge in [0.2, 0.25) is 5.91 Å².